The van der Waals surface area contributed by atoms with E-state index in [2.05, 4.69) is 4.37 Å². The summed E-state index contributed by atoms with van der Waals surface area (Å²) in [7, 11) is 0. The average Bonchev–Trinajstić information content (AvgIpc) is 2.12. The van der Waals surface area contributed by atoms with Crippen LogP contribution in [-0.4, -0.2) is 10.3 Å². The fraction of sp³-hybridized carbons (Fsp3) is 0. The highest BCUT2D eigenvalue weighted by Crippen LogP contribution is 2.00. The summed E-state index contributed by atoms with van der Waals surface area (Å²) in [4.78, 5) is 10.1. The lowest BCUT2D eigenvalue weighted by molar-refractivity contribution is -0.254. The summed E-state index contributed by atoms with van der Waals surface area (Å²) < 4.78 is 3.56. The van der Waals surface area contributed by atoms with Crippen molar-refractivity contribution in [3.8, 4) is 0 Å². The van der Waals surface area contributed by atoms with Gasteiger partial charge in [0.05, 0.1) is 10.8 Å². The van der Waals surface area contributed by atoms with Crippen LogP contribution in [0, 0.1) is 0 Å². The van der Waals surface area contributed by atoms with Gasteiger partial charge in [-0.05, 0) is 17.6 Å². The summed E-state index contributed by atoms with van der Waals surface area (Å²) in [5.41, 5.74) is 0. The number of carbonyl (C=O) groups excluding carboxylic acids is 1. The highest BCUT2D eigenvalue weighted by Gasteiger charge is 1.90. The lowest BCUT2D eigenvalue weighted by Crippen LogP contribution is -2.20. The summed E-state index contributed by atoms with van der Waals surface area (Å²) in [5.74, 6) is -1.16. The number of aromatic carboxylic acids is 1. The number of hydrogen-bond acceptors (Lipinski definition) is 4. The van der Waals surface area contributed by atoms with Crippen LogP contribution in [0.3, 0.4) is 0 Å². The lowest BCUT2D eigenvalue weighted by Gasteiger charge is -1.90. The van der Waals surface area contributed by atoms with E-state index < -0.39 is 5.97 Å². The van der Waals surface area contributed by atoms with Gasteiger partial charge in [0.15, 0.2) is 0 Å². The van der Waals surface area contributed by atoms with Gasteiger partial charge in [-0.3, -0.25) is 0 Å². The van der Waals surface area contributed by atoms with Crippen molar-refractivity contribution in [1.29, 1.82) is 0 Å². The van der Waals surface area contributed by atoms with Gasteiger partial charge in [-0.1, -0.05) is 0 Å². The van der Waals surface area contributed by atoms with Crippen LogP contribution in [0.5, 0.6) is 0 Å². The molecule has 0 aliphatic rings. The van der Waals surface area contributed by atoms with Crippen LogP contribution >= 0.6 is 11.5 Å². The molecule has 0 fully saturated rings. The van der Waals surface area contributed by atoms with Crippen molar-refractivity contribution in [2.45, 2.75) is 0 Å². The summed E-state index contributed by atoms with van der Waals surface area (Å²) >= 11 is 0.919. The third-order valence-corrected chi connectivity index (χ3v) is 1.37. The predicted molar refractivity (Wildman–Crippen MR) is 26.4 cm³/mol. The second kappa shape index (κ2) is 1.92. The molecule has 0 spiro atoms. The van der Waals surface area contributed by atoms with Gasteiger partial charge in [0.2, 0.25) is 0 Å². The molecule has 0 saturated carbocycles. The normalized spacial score (nSPS) is 9.00. The van der Waals surface area contributed by atoms with Crippen LogP contribution in [0.2, 0.25) is 0 Å². The molecule has 0 N–H and O–H groups in total. The minimum absolute atomic E-state index is 0.171. The predicted octanol–water partition coefficient (Wildman–Crippen LogP) is -0.493. The third kappa shape index (κ3) is 0.840. The van der Waals surface area contributed by atoms with Gasteiger partial charge >= 0.3 is 0 Å². The SMILES string of the molecule is O=C([O-])c1ccns1. The smallest absolute Gasteiger partial charge is 0.0831 e. The van der Waals surface area contributed by atoms with Crippen LogP contribution in [-0.2, 0) is 0 Å². The maximum Gasteiger partial charge on any atom is 0.0831 e. The Bertz CT molecular complexity index is 182. The molecule has 0 radical (unpaired) electrons. The Hall–Kier alpha value is -0.900. The molecule has 0 bridgehead atoms. The van der Waals surface area contributed by atoms with Gasteiger partial charge in [-0.25, -0.2) is 4.37 Å². The Balaban J connectivity index is 2.93. The fourth-order valence-electron chi connectivity index (χ4n) is 0.321. The molecule has 0 aliphatic heterocycles. The third-order valence-electron chi connectivity index (χ3n) is 0.639. The zero-order chi connectivity index (χ0) is 5.98. The Morgan fingerprint density at radius 2 is 2.62 bits per heavy atom. The van der Waals surface area contributed by atoms with E-state index >= 15 is 0 Å². The van der Waals surface area contributed by atoms with Gasteiger partial charge in [-0.15, -0.1) is 0 Å². The first-order valence-electron chi connectivity index (χ1n) is 1.93. The van der Waals surface area contributed by atoms with Gasteiger partial charge in [0.1, 0.15) is 0 Å². The van der Waals surface area contributed by atoms with E-state index in [-0.39, 0.29) is 4.88 Å². The number of aromatic nitrogens is 1. The van der Waals surface area contributed by atoms with Crippen molar-refractivity contribution in [1.82, 2.24) is 4.37 Å². The Morgan fingerprint density at radius 3 is 2.88 bits per heavy atom. The van der Waals surface area contributed by atoms with Gasteiger partial charge < -0.3 is 9.90 Å². The van der Waals surface area contributed by atoms with Crippen molar-refractivity contribution >= 4 is 17.5 Å². The molecule has 0 atom stereocenters. The second-order valence-electron chi connectivity index (χ2n) is 1.16. The van der Waals surface area contributed by atoms with Crippen LogP contribution in [0.25, 0.3) is 0 Å². The van der Waals surface area contributed by atoms with Crippen molar-refractivity contribution in [3.05, 3.63) is 17.1 Å². The van der Waals surface area contributed by atoms with Crippen molar-refractivity contribution in [2.75, 3.05) is 0 Å². The first kappa shape index (κ1) is 5.24. The molecular weight excluding hydrogens is 126 g/mol. The molecule has 3 nitrogen and oxygen atoms in total. The molecule has 1 rings (SSSR count). The highest BCUT2D eigenvalue weighted by molar-refractivity contribution is 7.07. The van der Waals surface area contributed by atoms with Crippen molar-refractivity contribution in [2.24, 2.45) is 0 Å². The molecule has 0 aliphatic carbocycles. The van der Waals surface area contributed by atoms with Crippen molar-refractivity contribution in [3.63, 3.8) is 0 Å². The van der Waals surface area contributed by atoms with Crippen LogP contribution in [0.15, 0.2) is 12.3 Å². The molecule has 1 heterocycles. The maximum absolute atomic E-state index is 9.92. The molecule has 4 heteroatoms. The fourth-order valence-corrected chi connectivity index (χ4v) is 0.753. The maximum atomic E-state index is 9.92. The lowest BCUT2D eigenvalue weighted by atomic mass is 10.5. The number of rotatable bonds is 1. The van der Waals surface area contributed by atoms with E-state index in [1.807, 2.05) is 0 Å². The van der Waals surface area contributed by atoms with Crippen LogP contribution in [0.4, 0.5) is 0 Å². The zero-order valence-electron chi connectivity index (χ0n) is 3.83. The molecule has 0 aromatic carbocycles. The van der Waals surface area contributed by atoms with Crippen LogP contribution in [0.1, 0.15) is 9.67 Å². The van der Waals surface area contributed by atoms with Gasteiger partial charge in [0.25, 0.3) is 0 Å². The molecule has 0 unspecified atom stereocenters. The summed E-state index contributed by atoms with van der Waals surface area (Å²) in [6.07, 6.45) is 1.43. The topological polar surface area (TPSA) is 53.0 Å². The van der Waals surface area contributed by atoms with E-state index in [0.29, 0.717) is 0 Å². The number of nitrogens with zero attached hydrogens (tertiary/aromatic N) is 1. The van der Waals surface area contributed by atoms with Crippen LogP contribution < -0.4 is 5.11 Å². The van der Waals surface area contributed by atoms with E-state index in [0.717, 1.165) is 11.5 Å². The van der Waals surface area contributed by atoms with Crippen molar-refractivity contribution < 1.29 is 9.90 Å². The number of carboxylic acids is 1. The van der Waals surface area contributed by atoms with Gasteiger partial charge in [-0.2, -0.15) is 0 Å². The number of carbonyl (C=O) groups is 1. The van der Waals surface area contributed by atoms with E-state index in [9.17, 15) is 9.90 Å². The highest BCUT2D eigenvalue weighted by atomic mass is 32.1. The monoisotopic (exact) mass is 128 g/mol. The largest absolute Gasteiger partial charge is 0.544 e. The van der Waals surface area contributed by atoms with Gasteiger partial charge in [0, 0.05) is 6.20 Å². The molecule has 0 saturated heterocycles. The number of hydrogen-bond donors (Lipinski definition) is 0. The molecular formula is C4H2NO2S-. The quantitative estimate of drug-likeness (QED) is 0.512. The van der Waals surface area contributed by atoms with E-state index in [1.54, 1.807) is 0 Å². The minimum atomic E-state index is -1.16. The Morgan fingerprint density at radius 1 is 1.88 bits per heavy atom. The average molecular weight is 128 g/mol. The molecule has 1 aromatic heterocycles. The Labute approximate surface area is 49.8 Å². The first-order chi connectivity index (χ1) is 3.80. The standard InChI is InChI=1S/C4H3NO2S/c6-4(7)3-1-2-5-8-3/h1-2H,(H,6,7)/p-1. The zero-order valence-corrected chi connectivity index (χ0v) is 4.64. The molecule has 8 heavy (non-hydrogen) atoms. The molecule has 1 aromatic rings. The molecule has 0 amide bonds. The first-order valence-corrected chi connectivity index (χ1v) is 2.70. The van der Waals surface area contributed by atoms with E-state index in [1.165, 1.54) is 12.3 Å². The minimum Gasteiger partial charge on any atom is -0.544 e. The summed E-state index contributed by atoms with van der Waals surface area (Å²) in [5, 5.41) is 9.92. The molecule has 42 valence electrons. The van der Waals surface area contributed by atoms with E-state index in [4.69, 9.17) is 0 Å². The summed E-state index contributed by atoms with van der Waals surface area (Å²) in [6, 6.07) is 1.40. The second-order valence-corrected chi connectivity index (χ2v) is 2.00. The number of carboxylic acid groups (broad SMARTS) is 1. The summed E-state index contributed by atoms with van der Waals surface area (Å²) in [6.45, 7) is 0. The Kier molecular flexibility index (Phi) is 1.26.